The lowest BCUT2D eigenvalue weighted by molar-refractivity contribution is 0.599. The molecule has 0 amide bonds. The molecule has 140 valence electrons. The first-order valence-electron chi connectivity index (χ1n) is 7.77. The second-order valence-corrected chi connectivity index (χ2v) is 8.28. The number of halogens is 2. The van der Waals surface area contributed by atoms with Crippen molar-refractivity contribution in [2.45, 2.75) is 18.8 Å². The Kier molecular flexibility index (Phi) is 6.93. The summed E-state index contributed by atoms with van der Waals surface area (Å²) in [7, 11) is -1.61. The Morgan fingerprint density at radius 2 is 1.92 bits per heavy atom. The van der Waals surface area contributed by atoms with Gasteiger partial charge in [-0.15, -0.1) is 0 Å². The van der Waals surface area contributed by atoms with Gasteiger partial charge in [0.15, 0.2) is 15.8 Å². The van der Waals surface area contributed by atoms with Gasteiger partial charge in [-0.3, -0.25) is 4.99 Å². The number of nitrogens with one attached hydrogen (secondary N) is 2. The van der Waals surface area contributed by atoms with E-state index >= 15 is 0 Å². The molecular formula is C17H20ClFN4O2S. The van der Waals surface area contributed by atoms with E-state index in [2.05, 4.69) is 20.6 Å². The highest BCUT2D eigenvalue weighted by molar-refractivity contribution is 7.89. The number of hydrogen-bond donors (Lipinski definition) is 2. The summed E-state index contributed by atoms with van der Waals surface area (Å²) < 4.78 is 36.6. The molecule has 6 nitrogen and oxygen atoms in total. The summed E-state index contributed by atoms with van der Waals surface area (Å²) >= 11 is 5.75. The topological polar surface area (TPSA) is 83.4 Å². The molecule has 1 heterocycles. The Bertz CT molecular complexity index is 886. The van der Waals surface area contributed by atoms with Crippen molar-refractivity contribution in [3.05, 3.63) is 64.2 Å². The normalized spacial score (nSPS) is 12.1. The summed E-state index contributed by atoms with van der Waals surface area (Å²) in [5.74, 6) is -0.0731. The van der Waals surface area contributed by atoms with Crippen LogP contribution in [0, 0.1) is 5.82 Å². The lowest BCUT2D eigenvalue weighted by Gasteiger charge is -2.14. The fraction of sp³-hybridized carbons (Fsp3) is 0.294. The van der Waals surface area contributed by atoms with Crippen molar-refractivity contribution >= 4 is 27.4 Å². The van der Waals surface area contributed by atoms with Crippen molar-refractivity contribution in [3.8, 4) is 0 Å². The first-order valence-corrected chi connectivity index (χ1v) is 10.2. The summed E-state index contributed by atoms with van der Waals surface area (Å²) in [5, 5.41) is 6.57. The van der Waals surface area contributed by atoms with Gasteiger partial charge in [-0.25, -0.2) is 17.8 Å². The molecule has 0 saturated heterocycles. The SMILES string of the molecule is CN=C(NCc1ccc(Cl)nc1)NCc1cc(F)ccc1CS(C)(=O)=O. The Morgan fingerprint density at radius 3 is 2.54 bits per heavy atom. The molecule has 2 rings (SSSR count). The van der Waals surface area contributed by atoms with Crippen molar-refractivity contribution < 1.29 is 12.8 Å². The van der Waals surface area contributed by atoms with Crippen LogP contribution in [0.1, 0.15) is 16.7 Å². The highest BCUT2D eigenvalue weighted by atomic mass is 35.5. The van der Waals surface area contributed by atoms with Gasteiger partial charge in [0, 0.05) is 32.6 Å². The van der Waals surface area contributed by atoms with Crippen LogP contribution in [-0.2, 0) is 28.7 Å². The molecule has 26 heavy (non-hydrogen) atoms. The minimum atomic E-state index is -3.22. The summed E-state index contributed by atoms with van der Waals surface area (Å²) in [4.78, 5) is 8.10. The number of pyridine rings is 1. The zero-order valence-corrected chi connectivity index (χ0v) is 16.0. The van der Waals surface area contributed by atoms with Crippen LogP contribution in [0.25, 0.3) is 0 Å². The zero-order valence-electron chi connectivity index (χ0n) is 14.5. The van der Waals surface area contributed by atoms with Crippen LogP contribution in [0.3, 0.4) is 0 Å². The molecule has 1 aromatic carbocycles. The molecule has 0 aliphatic rings. The third-order valence-corrected chi connectivity index (χ3v) is 4.56. The molecule has 0 spiro atoms. The van der Waals surface area contributed by atoms with E-state index in [1.807, 2.05) is 6.07 Å². The Balaban J connectivity index is 2.01. The minimum absolute atomic E-state index is 0.146. The van der Waals surface area contributed by atoms with Crippen LogP contribution in [0.4, 0.5) is 4.39 Å². The maximum Gasteiger partial charge on any atom is 0.191 e. The van der Waals surface area contributed by atoms with Crippen LogP contribution in [0.2, 0.25) is 5.15 Å². The molecule has 0 fully saturated rings. The summed E-state index contributed by atoms with van der Waals surface area (Å²) in [6.07, 6.45) is 2.80. The number of rotatable bonds is 6. The van der Waals surface area contributed by atoms with Gasteiger partial charge in [0.1, 0.15) is 11.0 Å². The maximum atomic E-state index is 13.5. The molecule has 9 heteroatoms. The molecule has 2 N–H and O–H groups in total. The van der Waals surface area contributed by atoms with E-state index in [0.717, 1.165) is 11.8 Å². The number of guanidine groups is 1. The minimum Gasteiger partial charge on any atom is -0.352 e. The van der Waals surface area contributed by atoms with Crippen molar-refractivity contribution in [1.29, 1.82) is 0 Å². The Hall–Kier alpha value is -2.19. The molecule has 0 bridgehead atoms. The second-order valence-electron chi connectivity index (χ2n) is 5.75. The quantitative estimate of drug-likeness (QED) is 0.443. The first kappa shape index (κ1) is 20.1. The third kappa shape index (κ3) is 6.61. The summed E-state index contributed by atoms with van der Waals surface area (Å²) in [6.45, 7) is 0.713. The van der Waals surface area contributed by atoms with E-state index in [9.17, 15) is 12.8 Å². The van der Waals surface area contributed by atoms with Crippen LogP contribution >= 0.6 is 11.6 Å². The maximum absolute atomic E-state index is 13.5. The van der Waals surface area contributed by atoms with E-state index in [4.69, 9.17) is 11.6 Å². The van der Waals surface area contributed by atoms with Crippen molar-refractivity contribution in [3.63, 3.8) is 0 Å². The van der Waals surface area contributed by atoms with Crippen LogP contribution in [-0.4, -0.2) is 32.7 Å². The predicted molar refractivity (Wildman–Crippen MR) is 101 cm³/mol. The molecule has 0 saturated carbocycles. The zero-order chi connectivity index (χ0) is 19.2. The van der Waals surface area contributed by atoms with E-state index in [0.29, 0.717) is 28.8 Å². The number of nitrogens with zero attached hydrogens (tertiary/aromatic N) is 2. The monoisotopic (exact) mass is 398 g/mol. The fourth-order valence-electron chi connectivity index (χ4n) is 2.28. The van der Waals surface area contributed by atoms with Gasteiger partial charge in [0.25, 0.3) is 0 Å². The van der Waals surface area contributed by atoms with E-state index in [-0.39, 0.29) is 12.3 Å². The van der Waals surface area contributed by atoms with Crippen LogP contribution < -0.4 is 10.6 Å². The van der Waals surface area contributed by atoms with Gasteiger partial charge in [-0.1, -0.05) is 23.7 Å². The lowest BCUT2D eigenvalue weighted by Crippen LogP contribution is -2.36. The average molecular weight is 399 g/mol. The standard InChI is InChI=1S/C17H20ClFN4O2S/c1-20-17(22-9-12-3-6-16(18)21-8-12)23-10-14-7-15(19)5-4-13(14)11-26(2,24)25/h3-8H,9-11H2,1-2H3,(H2,20,22,23). The van der Waals surface area contributed by atoms with Crippen molar-refractivity contribution in [2.75, 3.05) is 13.3 Å². The van der Waals surface area contributed by atoms with Gasteiger partial charge >= 0.3 is 0 Å². The van der Waals surface area contributed by atoms with E-state index < -0.39 is 15.7 Å². The van der Waals surface area contributed by atoms with Gasteiger partial charge in [-0.05, 0) is 34.9 Å². The van der Waals surface area contributed by atoms with Gasteiger partial charge < -0.3 is 10.6 Å². The third-order valence-electron chi connectivity index (χ3n) is 3.50. The number of benzene rings is 1. The summed E-state index contributed by atoms with van der Waals surface area (Å²) in [6, 6.07) is 7.60. The number of sulfone groups is 1. The molecule has 1 aromatic heterocycles. The van der Waals surface area contributed by atoms with Gasteiger partial charge in [-0.2, -0.15) is 0 Å². The first-order chi connectivity index (χ1) is 12.3. The smallest absolute Gasteiger partial charge is 0.191 e. The molecule has 0 aliphatic carbocycles. The number of aromatic nitrogens is 1. The van der Waals surface area contributed by atoms with Crippen LogP contribution in [0.5, 0.6) is 0 Å². The fourth-order valence-corrected chi connectivity index (χ4v) is 3.24. The Labute approximate surface area is 157 Å². The number of hydrogen-bond acceptors (Lipinski definition) is 4. The van der Waals surface area contributed by atoms with Crippen LogP contribution in [0.15, 0.2) is 41.5 Å². The Morgan fingerprint density at radius 1 is 1.19 bits per heavy atom. The number of aliphatic imine (C=N–C) groups is 1. The molecule has 0 aliphatic heterocycles. The van der Waals surface area contributed by atoms with Gasteiger partial charge in [0.05, 0.1) is 5.75 Å². The second kappa shape index (κ2) is 8.95. The largest absolute Gasteiger partial charge is 0.352 e. The lowest BCUT2D eigenvalue weighted by atomic mass is 10.1. The molecule has 0 atom stereocenters. The van der Waals surface area contributed by atoms with E-state index in [1.165, 1.54) is 18.2 Å². The average Bonchev–Trinajstić information content (AvgIpc) is 2.57. The predicted octanol–water partition coefficient (Wildman–Crippen LogP) is 2.28. The van der Waals surface area contributed by atoms with Crippen molar-refractivity contribution in [1.82, 2.24) is 15.6 Å². The highest BCUT2D eigenvalue weighted by Gasteiger charge is 2.11. The van der Waals surface area contributed by atoms with Gasteiger partial charge in [0.2, 0.25) is 0 Å². The summed E-state index contributed by atoms with van der Waals surface area (Å²) in [5.41, 5.74) is 2.03. The van der Waals surface area contributed by atoms with Crippen molar-refractivity contribution in [2.24, 2.45) is 4.99 Å². The van der Waals surface area contributed by atoms with E-state index in [1.54, 1.807) is 19.3 Å². The molecule has 2 aromatic rings. The highest BCUT2D eigenvalue weighted by Crippen LogP contribution is 2.14. The molecule has 0 unspecified atom stereocenters. The molecule has 0 radical (unpaired) electrons. The molecular weight excluding hydrogens is 379 g/mol.